The molecule has 0 unspecified atom stereocenters. The highest BCUT2D eigenvalue weighted by atomic mass is 35.5. The molecule has 10 heteroatoms. The Bertz CT molecular complexity index is 740. The molecule has 130 valence electrons. The summed E-state index contributed by atoms with van der Waals surface area (Å²) in [6.07, 6.45) is -3.11. The van der Waals surface area contributed by atoms with Crippen LogP contribution in [0.4, 0.5) is 24.7 Å². The SMILES string of the molecule is Cc1c(Cl)c(C(F)(F)F)nn1CC(=O)Nc1ccc(N(C)C)cn1. The lowest BCUT2D eigenvalue weighted by atomic mass is 10.3. The van der Waals surface area contributed by atoms with Gasteiger partial charge in [0.05, 0.1) is 22.6 Å². The molecule has 0 bridgehead atoms. The highest BCUT2D eigenvalue weighted by molar-refractivity contribution is 6.32. The lowest BCUT2D eigenvalue weighted by Crippen LogP contribution is -2.21. The van der Waals surface area contributed by atoms with Crippen molar-refractivity contribution in [3.63, 3.8) is 0 Å². The van der Waals surface area contributed by atoms with Gasteiger partial charge in [0.1, 0.15) is 12.4 Å². The molecule has 6 nitrogen and oxygen atoms in total. The standard InChI is InChI=1S/C14H15ClF3N5O/c1-8-12(15)13(14(16,17)18)21-23(8)7-11(24)20-10-5-4-9(6-19-10)22(2)3/h4-6H,7H2,1-3H3,(H,19,20,24). The molecular formula is C14H15ClF3N5O. The highest BCUT2D eigenvalue weighted by Gasteiger charge is 2.38. The van der Waals surface area contributed by atoms with Crippen molar-refractivity contribution in [3.05, 3.63) is 34.7 Å². The molecule has 0 aliphatic heterocycles. The van der Waals surface area contributed by atoms with Crippen molar-refractivity contribution >= 4 is 29.0 Å². The first-order valence-corrected chi connectivity index (χ1v) is 7.20. The summed E-state index contributed by atoms with van der Waals surface area (Å²) >= 11 is 5.64. The Balaban J connectivity index is 2.10. The maximum Gasteiger partial charge on any atom is 0.436 e. The second kappa shape index (κ2) is 6.68. The van der Waals surface area contributed by atoms with Gasteiger partial charge in [-0.15, -0.1) is 0 Å². The summed E-state index contributed by atoms with van der Waals surface area (Å²) in [6.45, 7) is 0.959. The molecule has 0 saturated carbocycles. The molecule has 2 aromatic heterocycles. The van der Waals surface area contributed by atoms with Crippen LogP contribution in [0.15, 0.2) is 18.3 Å². The molecule has 0 radical (unpaired) electrons. The van der Waals surface area contributed by atoms with E-state index >= 15 is 0 Å². The van der Waals surface area contributed by atoms with Gasteiger partial charge in [-0.05, 0) is 19.1 Å². The van der Waals surface area contributed by atoms with Crippen LogP contribution in [-0.4, -0.2) is 34.8 Å². The normalized spacial score (nSPS) is 11.5. The molecule has 2 aromatic rings. The highest BCUT2D eigenvalue weighted by Crippen LogP contribution is 2.35. The van der Waals surface area contributed by atoms with Crippen LogP contribution in [0.3, 0.4) is 0 Å². The van der Waals surface area contributed by atoms with Gasteiger partial charge in [-0.1, -0.05) is 11.6 Å². The van der Waals surface area contributed by atoms with Gasteiger partial charge in [0, 0.05) is 14.1 Å². The average molecular weight is 362 g/mol. The fraction of sp³-hybridized carbons (Fsp3) is 0.357. The van der Waals surface area contributed by atoms with Crippen molar-refractivity contribution in [2.45, 2.75) is 19.6 Å². The van der Waals surface area contributed by atoms with Crippen LogP contribution in [0.25, 0.3) is 0 Å². The third-order valence-corrected chi connectivity index (χ3v) is 3.68. The van der Waals surface area contributed by atoms with Crippen LogP contribution < -0.4 is 10.2 Å². The third kappa shape index (κ3) is 3.97. The number of halogens is 4. The van der Waals surface area contributed by atoms with Gasteiger partial charge in [0.25, 0.3) is 0 Å². The Labute approximate surface area is 141 Å². The third-order valence-electron chi connectivity index (χ3n) is 3.23. The Morgan fingerprint density at radius 1 is 1.38 bits per heavy atom. The van der Waals surface area contributed by atoms with Crippen LogP contribution in [0.5, 0.6) is 0 Å². The number of hydrogen-bond donors (Lipinski definition) is 1. The fourth-order valence-electron chi connectivity index (χ4n) is 1.90. The van der Waals surface area contributed by atoms with E-state index in [1.807, 2.05) is 19.0 Å². The first kappa shape index (κ1) is 18.1. The van der Waals surface area contributed by atoms with Crippen LogP contribution >= 0.6 is 11.6 Å². The van der Waals surface area contributed by atoms with E-state index < -0.39 is 29.3 Å². The van der Waals surface area contributed by atoms with Crippen molar-refractivity contribution in [1.29, 1.82) is 0 Å². The van der Waals surface area contributed by atoms with Crippen molar-refractivity contribution < 1.29 is 18.0 Å². The van der Waals surface area contributed by atoms with Crippen molar-refractivity contribution in [3.8, 4) is 0 Å². The maximum atomic E-state index is 12.8. The van der Waals surface area contributed by atoms with E-state index in [-0.39, 0.29) is 11.5 Å². The summed E-state index contributed by atoms with van der Waals surface area (Å²) in [5.74, 6) is -0.270. The predicted molar refractivity (Wildman–Crippen MR) is 84.2 cm³/mol. The zero-order valence-electron chi connectivity index (χ0n) is 13.1. The Hall–Kier alpha value is -2.29. The van der Waals surface area contributed by atoms with E-state index in [9.17, 15) is 18.0 Å². The van der Waals surface area contributed by atoms with Crippen molar-refractivity contribution in [2.24, 2.45) is 0 Å². The molecule has 0 aliphatic rings. The number of nitrogens with zero attached hydrogens (tertiary/aromatic N) is 4. The number of nitrogens with one attached hydrogen (secondary N) is 1. The van der Waals surface area contributed by atoms with Crippen LogP contribution in [-0.2, 0) is 17.5 Å². The Kier molecular flexibility index (Phi) is 5.02. The van der Waals surface area contributed by atoms with Gasteiger partial charge in [-0.25, -0.2) is 4.98 Å². The van der Waals surface area contributed by atoms with Crippen molar-refractivity contribution in [2.75, 3.05) is 24.3 Å². The number of pyridine rings is 1. The quantitative estimate of drug-likeness (QED) is 0.909. The van der Waals surface area contributed by atoms with Crippen LogP contribution in [0.2, 0.25) is 5.02 Å². The number of hydrogen-bond acceptors (Lipinski definition) is 4. The van der Waals surface area contributed by atoms with Crippen LogP contribution in [0.1, 0.15) is 11.4 Å². The molecule has 1 amide bonds. The molecule has 0 saturated heterocycles. The summed E-state index contributed by atoms with van der Waals surface area (Å²) in [5, 5.41) is 5.36. The lowest BCUT2D eigenvalue weighted by molar-refractivity contribution is -0.141. The smallest absolute Gasteiger partial charge is 0.376 e. The second-order valence-electron chi connectivity index (χ2n) is 5.25. The summed E-state index contributed by atoms with van der Waals surface area (Å²) in [4.78, 5) is 17.9. The lowest BCUT2D eigenvalue weighted by Gasteiger charge is -2.12. The van der Waals surface area contributed by atoms with E-state index in [2.05, 4.69) is 15.4 Å². The summed E-state index contributed by atoms with van der Waals surface area (Å²) in [7, 11) is 3.69. The predicted octanol–water partition coefficient (Wildman–Crippen LogP) is 2.96. The van der Waals surface area contributed by atoms with Gasteiger partial charge < -0.3 is 10.2 Å². The Morgan fingerprint density at radius 3 is 2.50 bits per heavy atom. The van der Waals surface area contributed by atoms with Gasteiger partial charge in [-0.2, -0.15) is 18.3 Å². The number of amides is 1. The van der Waals surface area contributed by atoms with Crippen LogP contribution in [0, 0.1) is 6.92 Å². The Morgan fingerprint density at radius 2 is 2.04 bits per heavy atom. The van der Waals surface area contributed by atoms with E-state index in [1.165, 1.54) is 6.92 Å². The number of carbonyl (C=O) groups is 1. The first-order valence-electron chi connectivity index (χ1n) is 6.83. The first-order chi connectivity index (χ1) is 11.1. The molecule has 2 heterocycles. The minimum atomic E-state index is -4.67. The number of alkyl halides is 3. The van der Waals surface area contributed by atoms with Crippen molar-refractivity contribution in [1.82, 2.24) is 14.8 Å². The number of anilines is 2. The topological polar surface area (TPSA) is 63.1 Å². The summed E-state index contributed by atoms with van der Waals surface area (Å²) < 4.78 is 39.2. The molecule has 0 spiro atoms. The van der Waals surface area contributed by atoms with Gasteiger partial charge in [-0.3, -0.25) is 9.48 Å². The summed E-state index contributed by atoms with van der Waals surface area (Å²) in [6, 6.07) is 3.34. The molecule has 0 aliphatic carbocycles. The molecule has 2 rings (SSSR count). The number of aromatic nitrogens is 3. The molecular weight excluding hydrogens is 347 g/mol. The minimum Gasteiger partial charge on any atom is -0.376 e. The second-order valence-corrected chi connectivity index (χ2v) is 5.63. The molecule has 0 aromatic carbocycles. The number of carbonyl (C=O) groups excluding carboxylic acids is 1. The largest absolute Gasteiger partial charge is 0.436 e. The molecule has 1 N–H and O–H groups in total. The summed E-state index contributed by atoms with van der Waals surface area (Å²) in [5.41, 5.74) is -0.296. The maximum absolute atomic E-state index is 12.8. The van der Waals surface area contributed by atoms with E-state index in [0.29, 0.717) is 0 Å². The minimum absolute atomic E-state index is 0.0649. The molecule has 24 heavy (non-hydrogen) atoms. The zero-order chi connectivity index (χ0) is 18.1. The van der Waals surface area contributed by atoms with Gasteiger partial charge in [0.15, 0.2) is 5.69 Å². The zero-order valence-corrected chi connectivity index (χ0v) is 13.9. The average Bonchev–Trinajstić information content (AvgIpc) is 2.76. The van der Waals surface area contributed by atoms with Gasteiger partial charge >= 0.3 is 6.18 Å². The van der Waals surface area contributed by atoms with E-state index in [0.717, 1.165) is 10.4 Å². The molecule has 0 fully saturated rings. The fourth-order valence-corrected chi connectivity index (χ4v) is 2.14. The monoisotopic (exact) mass is 361 g/mol. The number of rotatable bonds is 4. The van der Waals surface area contributed by atoms with E-state index in [4.69, 9.17) is 11.6 Å². The molecule has 0 atom stereocenters. The van der Waals surface area contributed by atoms with E-state index in [1.54, 1.807) is 18.3 Å². The van der Waals surface area contributed by atoms with Gasteiger partial charge in [0.2, 0.25) is 5.91 Å².